The van der Waals surface area contributed by atoms with Crippen LogP contribution in [0, 0.1) is 0 Å². The van der Waals surface area contributed by atoms with Gasteiger partial charge in [0.1, 0.15) is 4.60 Å². The molecule has 0 amide bonds. The van der Waals surface area contributed by atoms with E-state index in [1.807, 2.05) is 18.3 Å². The fourth-order valence-corrected chi connectivity index (χ4v) is 3.72. The Kier molecular flexibility index (Phi) is 3.96. The average molecular weight is 351 g/mol. The average Bonchev–Trinajstić information content (AvgIpc) is 3.11. The number of thiophene rings is 2. The van der Waals surface area contributed by atoms with Crippen LogP contribution in [-0.4, -0.2) is 4.98 Å². The van der Waals surface area contributed by atoms with Crippen molar-refractivity contribution >= 4 is 44.3 Å². The van der Waals surface area contributed by atoms with Gasteiger partial charge < -0.3 is 5.32 Å². The van der Waals surface area contributed by atoms with Crippen LogP contribution in [-0.2, 0) is 0 Å². The molecule has 96 valence electrons. The van der Waals surface area contributed by atoms with E-state index in [0.717, 1.165) is 10.3 Å². The molecule has 2 nitrogen and oxygen atoms in total. The number of rotatable bonds is 4. The highest BCUT2D eigenvalue weighted by Gasteiger charge is 2.16. The normalized spacial score (nSPS) is 10.8. The molecule has 0 aliphatic heterocycles. The fraction of sp³-hybridized carbons (Fsp3) is 0.0714. The maximum atomic E-state index is 4.26. The molecule has 0 aliphatic carbocycles. The molecule has 3 aromatic rings. The van der Waals surface area contributed by atoms with E-state index in [1.165, 1.54) is 9.75 Å². The zero-order valence-corrected chi connectivity index (χ0v) is 13.1. The van der Waals surface area contributed by atoms with Gasteiger partial charge in [-0.15, -0.1) is 22.7 Å². The van der Waals surface area contributed by atoms with E-state index >= 15 is 0 Å². The monoisotopic (exact) mass is 350 g/mol. The van der Waals surface area contributed by atoms with E-state index in [-0.39, 0.29) is 6.04 Å². The quantitative estimate of drug-likeness (QED) is 0.656. The first-order chi connectivity index (χ1) is 9.33. The topological polar surface area (TPSA) is 24.9 Å². The second kappa shape index (κ2) is 5.86. The molecule has 0 radical (unpaired) electrons. The molecule has 3 aromatic heterocycles. The molecule has 5 heteroatoms. The van der Waals surface area contributed by atoms with Crippen molar-refractivity contribution in [3.63, 3.8) is 0 Å². The third kappa shape index (κ3) is 3.05. The van der Waals surface area contributed by atoms with Crippen molar-refractivity contribution in [2.24, 2.45) is 0 Å². The summed E-state index contributed by atoms with van der Waals surface area (Å²) in [6.45, 7) is 0. The Morgan fingerprint density at radius 2 is 1.68 bits per heavy atom. The van der Waals surface area contributed by atoms with Gasteiger partial charge >= 0.3 is 0 Å². The second-order valence-corrected chi connectivity index (χ2v) is 6.75. The van der Waals surface area contributed by atoms with Crippen molar-refractivity contribution in [2.75, 3.05) is 5.32 Å². The Bertz CT molecular complexity index is 584. The lowest BCUT2D eigenvalue weighted by Crippen LogP contribution is -2.09. The van der Waals surface area contributed by atoms with Crippen LogP contribution >= 0.6 is 38.6 Å². The zero-order chi connectivity index (χ0) is 13.1. The van der Waals surface area contributed by atoms with Crippen molar-refractivity contribution in [3.8, 4) is 0 Å². The summed E-state index contributed by atoms with van der Waals surface area (Å²) in [5, 5.41) is 7.77. The van der Waals surface area contributed by atoms with Gasteiger partial charge in [-0.25, -0.2) is 4.98 Å². The number of nitrogens with zero attached hydrogens (tertiary/aromatic N) is 1. The van der Waals surface area contributed by atoms with Crippen LogP contribution < -0.4 is 5.32 Å². The standard InChI is InChI=1S/C14H11BrN2S2/c15-13-6-5-10(9-16-13)17-14(11-3-1-7-18-11)12-4-2-8-19-12/h1-9,14,17H. The van der Waals surface area contributed by atoms with Gasteiger partial charge in [0.05, 0.1) is 17.9 Å². The van der Waals surface area contributed by atoms with E-state index in [0.29, 0.717) is 0 Å². The number of nitrogens with one attached hydrogen (secondary N) is 1. The number of hydrogen-bond donors (Lipinski definition) is 1. The molecule has 0 fully saturated rings. The maximum absolute atomic E-state index is 4.26. The molecule has 0 bridgehead atoms. The first-order valence-electron chi connectivity index (χ1n) is 5.78. The lowest BCUT2D eigenvalue weighted by molar-refractivity contribution is 0.988. The van der Waals surface area contributed by atoms with Crippen LogP contribution in [0.25, 0.3) is 0 Å². The highest BCUT2D eigenvalue weighted by Crippen LogP contribution is 2.32. The zero-order valence-electron chi connectivity index (χ0n) is 9.92. The predicted octanol–water partition coefficient (Wildman–Crippen LogP) is 5.17. The van der Waals surface area contributed by atoms with Gasteiger partial charge in [-0.3, -0.25) is 0 Å². The third-order valence-electron chi connectivity index (χ3n) is 2.69. The number of aromatic nitrogens is 1. The molecule has 0 saturated carbocycles. The van der Waals surface area contributed by atoms with E-state index < -0.39 is 0 Å². The Balaban J connectivity index is 1.90. The van der Waals surface area contributed by atoms with Crippen molar-refractivity contribution in [3.05, 3.63) is 67.7 Å². The molecule has 0 atom stereocenters. The Labute approximate surface area is 128 Å². The summed E-state index contributed by atoms with van der Waals surface area (Å²) in [6, 6.07) is 12.7. The van der Waals surface area contributed by atoms with Gasteiger partial charge in [0.15, 0.2) is 0 Å². The Morgan fingerprint density at radius 1 is 1.00 bits per heavy atom. The molecule has 3 rings (SSSR count). The summed E-state index contributed by atoms with van der Waals surface area (Å²) in [5.41, 5.74) is 1.02. The summed E-state index contributed by atoms with van der Waals surface area (Å²) in [4.78, 5) is 6.88. The molecule has 3 heterocycles. The molecule has 19 heavy (non-hydrogen) atoms. The Hall–Kier alpha value is -1.17. The van der Waals surface area contributed by atoms with E-state index in [2.05, 4.69) is 61.3 Å². The fourth-order valence-electron chi connectivity index (χ4n) is 1.82. The van der Waals surface area contributed by atoms with Gasteiger partial charge in [-0.05, 0) is 51.0 Å². The van der Waals surface area contributed by atoms with Crippen LogP contribution in [0.5, 0.6) is 0 Å². The second-order valence-electron chi connectivity index (χ2n) is 3.98. The first kappa shape index (κ1) is 12.8. The van der Waals surface area contributed by atoms with Gasteiger partial charge in [-0.2, -0.15) is 0 Å². The summed E-state index contributed by atoms with van der Waals surface area (Å²) < 4.78 is 0.849. The minimum atomic E-state index is 0.197. The molecule has 0 aromatic carbocycles. The van der Waals surface area contributed by atoms with E-state index in [4.69, 9.17) is 0 Å². The summed E-state index contributed by atoms with van der Waals surface area (Å²) in [7, 11) is 0. The SMILES string of the molecule is Brc1ccc(NC(c2cccs2)c2cccs2)cn1. The molecule has 0 unspecified atom stereocenters. The minimum absolute atomic E-state index is 0.197. The van der Waals surface area contributed by atoms with E-state index in [9.17, 15) is 0 Å². The molecule has 0 aliphatic rings. The number of anilines is 1. The predicted molar refractivity (Wildman–Crippen MR) is 86.0 cm³/mol. The van der Waals surface area contributed by atoms with Crippen molar-refractivity contribution < 1.29 is 0 Å². The van der Waals surface area contributed by atoms with Crippen LogP contribution in [0.15, 0.2) is 58.0 Å². The molecule has 0 spiro atoms. The van der Waals surface area contributed by atoms with Gasteiger partial charge in [0.25, 0.3) is 0 Å². The van der Waals surface area contributed by atoms with Crippen molar-refractivity contribution in [1.29, 1.82) is 0 Å². The molecule has 1 N–H and O–H groups in total. The lowest BCUT2D eigenvalue weighted by atomic mass is 10.2. The summed E-state index contributed by atoms with van der Waals surface area (Å²) >= 11 is 6.89. The molecule has 0 saturated heterocycles. The highest BCUT2D eigenvalue weighted by molar-refractivity contribution is 9.10. The number of halogens is 1. The lowest BCUT2D eigenvalue weighted by Gasteiger charge is -2.17. The largest absolute Gasteiger partial charge is 0.371 e. The van der Waals surface area contributed by atoms with Crippen LogP contribution in [0.2, 0.25) is 0 Å². The summed E-state index contributed by atoms with van der Waals surface area (Å²) in [5.74, 6) is 0. The first-order valence-corrected chi connectivity index (χ1v) is 8.33. The minimum Gasteiger partial charge on any atom is -0.371 e. The summed E-state index contributed by atoms with van der Waals surface area (Å²) in [6.07, 6.45) is 1.85. The van der Waals surface area contributed by atoms with Gasteiger partial charge in [0.2, 0.25) is 0 Å². The number of hydrogen-bond acceptors (Lipinski definition) is 4. The maximum Gasteiger partial charge on any atom is 0.106 e. The highest BCUT2D eigenvalue weighted by atomic mass is 79.9. The molecular weight excluding hydrogens is 340 g/mol. The smallest absolute Gasteiger partial charge is 0.106 e. The van der Waals surface area contributed by atoms with Gasteiger partial charge in [-0.1, -0.05) is 12.1 Å². The van der Waals surface area contributed by atoms with Gasteiger partial charge in [0, 0.05) is 9.75 Å². The third-order valence-corrected chi connectivity index (χ3v) is 5.04. The van der Waals surface area contributed by atoms with Crippen LogP contribution in [0.3, 0.4) is 0 Å². The van der Waals surface area contributed by atoms with Crippen LogP contribution in [0.4, 0.5) is 5.69 Å². The Morgan fingerprint density at radius 3 is 2.16 bits per heavy atom. The van der Waals surface area contributed by atoms with Crippen molar-refractivity contribution in [1.82, 2.24) is 4.98 Å². The van der Waals surface area contributed by atoms with Crippen LogP contribution in [0.1, 0.15) is 15.8 Å². The molecular formula is C14H11BrN2S2. The van der Waals surface area contributed by atoms with Crippen molar-refractivity contribution in [2.45, 2.75) is 6.04 Å². The number of pyridine rings is 1. The van der Waals surface area contributed by atoms with E-state index in [1.54, 1.807) is 22.7 Å².